The van der Waals surface area contributed by atoms with Gasteiger partial charge in [-0.3, -0.25) is 14.5 Å². The number of ether oxygens (including phenoxy) is 1. The maximum Gasteiger partial charge on any atom is 0.263 e. The maximum absolute atomic E-state index is 12.8. The molecule has 2 aliphatic rings. The summed E-state index contributed by atoms with van der Waals surface area (Å²) < 4.78 is 5.78. The first-order valence-electron chi connectivity index (χ1n) is 10.4. The van der Waals surface area contributed by atoms with Crippen LogP contribution < -0.4 is 5.32 Å². The van der Waals surface area contributed by atoms with E-state index in [0.29, 0.717) is 18.2 Å². The van der Waals surface area contributed by atoms with Gasteiger partial charge in [0.1, 0.15) is 0 Å². The molecule has 2 aromatic heterocycles. The summed E-state index contributed by atoms with van der Waals surface area (Å²) in [6.07, 6.45) is 2.07. The third-order valence-corrected chi connectivity index (χ3v) is 7.14. The lowest BCUT2D eigenvalue weighted by Crippen LogP contribution is -2.44. The third kappa shape index (κ3) is 5.26. The van der Waals surface area contributed by atoms with Crippen molar-refractivity contribution in [3.05, 3.63) is 33.5 Å². The molecule has 0 radical (unpaired) electrons. The highest BCUT2D eigenvalue weighted by atomic mass is 32.1. The van der Waals surface area contributed by atoms with E-state index in [0.717, 1.165) is 43.0 Å². The van der Waals surface area contributed by atoms with Crippen molar-refractivity contribution in [1.29, 1.82) is 0 Å². The fraction of sp³-hybridized carbons (Fsp3) is 0.571. The van der Waals surface area contributed by atoms with Crippen LogP contribution in [0.2, 0.25) is 0 Å². The highest BCUT2D eigenvalue weighted by Crippen LogP contribution is 2.24. The second-order valence-electron chi connectivity index (χ2n) is 8.15. The number of piperidine rings is 1. The van der Waals surface area contributed by atoms with Gasteiger partial charge >= 0.3 is 0 Å². The van der Waals surface area contributed by atoms with Gasteiger partial charge in [-0.25, -0.2) is 4.98 Å². The molecular weight excluding hydrogens is 420 g/mol. The van der Waals surface area contributed by atoms with E-state index in [-0.39, 0.29) is 29.9 Å². The number of hydrogen-bond donors (Lipinski definition) is 1. The summed E-state index contributed by atoms with van der Waals surface area (Å²) in [5, 5.41) is 7.51. The molecule has 2 amide bonds. The molecule has 2 aromatic rings. The number of amides is 2. The minimum atomic E-state index is -0.198. The van der Waals surface area contributed by atoms with Gasteiger partial charge in [0.05, 0.1) is 28.7 Å². The summed E-state index contributed by atoms with van der Waals surface area (Å²) in [5.41, 5.74) is 0.967. The third-order valence-electron chi connectivity index (χ3n) is 5.47. The van der Waals surface area contributed by atoms with E-state index >= 15 is 0 Å². The van der Waals surface area contributed by atoms with Gasteiger partial charge in [0.25, 0.3) is 5.91 Å². The van der Waals surface area contributed by atoms with E-state index in [1.54, 1.807) is 4.90 Å². The standard InChI is InChI=1S/C21H28N4O3S2/c1-14-9-24(10-15(2)28-14)12-17-13-30-21(22-17)23-19(26)16-5-3-7-25(11-16)20(27)18-6-4-8-29-18/h4,6,8,13-16H,3,5,7,9-12H2,1-2H3,(H,22,23,26). The molecule has 4 rings (SSSR count). The molecular formula is C21H28N4O3S2. The summed E-state index contributed by atoms with van der Waals surface area (Å²) >= 11 is 2.90. The quantitative estimate of drug-likeness (QED) is 0.760. The molecule has 7 nitrogen and oxygen atoms in total. The normalized spacial score (nSPS) is 25.3. The Morgan fingerprint density at radius 2 is 2.03 bits per heavy atom. The van der Waals surface area contributed by atoms with Crippen LogP contribution in [-0.4, -0.2) is 65.0 Å². The molecule has 0 aliphatic carbocycles. The molecule has 30 heavy (non-hydrogen) atoms. The fourth-order valence-electron chi connectivity index (χ4n) is 4.22. The van der Waals surface area contributed by atoms with Crippen LogP contribution in [0.25, 0.3) is 0 Å². The van der Waals surface area contributed by atoms with E-state index in [2.05, 4.69) is 29.0 Å². The van der Waals surface area contributed by atoms with Crippen molar-refractivity contribution < 1.29 is 14.3 Å². The molecule has 3 atom stereocenters. The Morgan fingerprint density at radius 1 is 1.23 bits per heavy atom. The summed E-state index contributed by atoms with van der Waals surface area (Å²) in [4.78, 5) is 34.9. The number of carbonyl (C=O) groups excluding carboxylic acids is 2. The number of aromatic nitrogens is 1. The van der Waals surface area contributed by atoms with Crippen molar-refractivity contribution in [3.63, 3.8) is 0 Å². The lowest BCUT2D eigenvalue weighted by molar-refractivity contribution is -0.121. The van der Waals surface area contributed by atoms with E-state index in [1.165, 1.54) is 22.7 Å². The highest BCUT2D eigenvalue weighted by Gasteiger charge is 2.30. The molecule has 2 saturated heterocycles. The van der Waals surface area contributed by atoms with Gasteiger partial charge in [-0.1, -0.05) is 6.07 Å². The Morgan fingerprint density at radius 3 is 2.77 bits per heavy atom. The molecule has 9 heteroatoms. The number of nitrogens with one attached hydrogen (secondary N) is 1. The Balaban J connectivity index is 1.31. The van der Waals surface area contributed by atoms with Gasteiger partial charge in [-0.05, 0) is 38.1 Å². The fourth-order valence-corrected chi connectivity index (χ4v) is 5.61. The lowest BCUT2D eigenvalue weighted by atomic mass is 9.97. The van der Waals surface area contributed by atoms with Crippen molar-refractivity contribution >= 4 is 39.6 Å². The van der Waals surface area contributed by atoms with E-state index < -0.39 is 0 Å². The zero-order valence-corrected chi connectivity index (χ0v) is 19.0. The number of carbonyl (C=O) groups is 2. The number of thiophene rings is 1. The van der Waals surface area contributed by atoms with Crippen LogP contribution in [0.1, 0.15) is 42.1 Å². The Kier molecular flexibility index (Phi) is 6.82. The SMILES string of the molecule is CC1CN(Cc2csc(NC(=O)C3CCCN(C(=O)c4cccs4)C3)n2)CC(C)O1. The van der Waals surface area contributed by atoms with Gasteiger partial charge in [0.2, 0.25) is 5.91 Å². The number of thiazole rings is 1. The van der Waals surface area contributed by atoms with Crippen LogP contribution in [0, 0.1) is 5.92 Å². The van der Waals surface area contributed by atoms with Crippen molar-refractivity contribution in [2.45, 2.75) is 45.4 Å². The summed E-state index contributed by atoms with van der Waals surface area (Å²) in [6, 6.07) is 3.72. The number of rotatable bonds is 5. The van der Waals surface area contributed by atoms with Gasteiger partial charge < -0.3 is 15.0 Å². The molecule has 0 spiro atoms. The van der Waals surface area contributed by atoms with Crippen LogP contribution in [0.4, 0.5) is 5.13 Å². The van der Waals surface area contributed by atoms with E-state index in [9.17, 15) is 9.59 Å². The first kappa shape index (κ1) is 21.4. The number of morpholine rings is 1. The van der Waals surface area contributed by atoms with Crippen LogP contribution in [0.3, 0.4) is 0 Å². The molecule has 0 aromatic carbocycles. The Bertz CT molecular complexity index is 859. The number of nitrogens with zero attached hydrogens (tertiary/aromatic N) is 3. The zero-order valence-electron chi connectivity index (χ0n) is 17.4. The van der Waals surface area contributed by atoms with Crippen molar-refractivity contribution in [1.82, 2.24) is 14.8 Å². The summed E-state index contributed by atoms with van der Waals surface area (Å²) in [5.74, 6) is -0.225. The number of anilines is 1. The number of hydrogen-bond acceptors (Lipinski definition) is 7. The van der Waals surface area contributed by atoms with Crippen LogP contribution in [0.5, 0.6) is 0 Å². The average Bonchev–Trinajstić information content (AvgIpc) is 3.39. The molecule has 2 fully saturated rings. The molecule has 0 bridgehead atoms. The summed E-state index contributed by atoms with van der Waals surface area (Å²) in [7, 11) is 0. The molecule has 0 saturated carbocycles. The largest absolute Gasteiger partial charge is 0.373 e. The monoisotopic (exact) mass is 448 g/mol. The first-order chi connectivity index (χ1) is 14.5. The first-order valence-corrected chi connectivity index (χ1v) is 12.2. The van der Waals surface area contributed by atoms with Gasteiger partial charge in [0, 0.05) is 38.1 Å². The predicted molar refractivity (Wildman–Crippen MR) is 119 cm³/mol. The minimum Gasteiger partial charge on any atom is -0.373 e. The molecule has 1 N–H and O–H groups in total. The van der Waals surface area contributed by atoms with Crippen LogP contribution in [0.15, 0.2) is 22.9 Å². The average molecular weight is 449 g/mol. The molecule has 4 heterocycles. The zero-order chi connectivity index (χ0) is 21.1. The van der Waals surface area contributed by atoms with Crippen molar-refractivity contribution in [3.8, 4) is 0 Å². The number of likely N-dealkylation sites (tertiary alicyclic amines) is 1. The molecule has 162 valence electrons. The topological polar surface area (TPSA) is 74.8 Å². The Labute approximate surface area is 185 Å². The molecule has 3 unspecified atom stereocenters. The highest BCUT2D eigenvalue weighted by molar-refractivity contribution is 7.14. The van der Waals surface area contributed by atoms with E-state index in [1.807, 2.05) is 22.9 Å². The van der Waals surface area contributed by atoms with Crippen LogP contribution >= 0.6 is 22.7 Å². The van der Waals surface area contributed by atoms with Crippen molar-refractivity contribution in [2.24, 2.45) is 5.92 Å². The van der Waals surface area contributed by atoms with Crippen LogP contribution in [-0.2, 0) is 16.1 Å². The van der Waals surface area contributed by atoms with Gasteiger partial charge in [-0.2, -0.15) is 0 Å². The Hall–Kier alpha value is -1.81. The van der Waals surface area contributed by atoms with E-state index in [4.69, 9.17) is 4.74 Å². The van der Waals surface area contributed by atoms with Crippen molar-refractivity contribution in [2.75, 3.05) is 31.5 Å². The second-order valence-corrected chi connectivity index (χ2v) is 9.96. The van der Waals surface area contributed by atoms with Gasteiger partial charge in [-0.15, -0.1) is 22.7 Å². The smallest absolute Gasteiger partial charge is 0.263 e. The van der Waals surface area contributed by atoms with Gasteiger partial charge in [0.15, 0.2) is 5.13 Å². The maximum atomic E-state index is 12.8. The molecule has 2 aliphatic heterocycles. The minimum absolute atomic E-state index is 0.0213. The lowest BCUT2D eigenvalue weighted by Gasteiger charge is -2.34. The second kappa shape index (κ2) is 9.55. The predicted octanol–water partition coefficient (Wildman–Crippen LogP) is 3.30. The summed E-state index contributed by atoms with van der Waals surface area (Å²) in [6.45, 7) is 7.89.